The summed E-state index contributed by atoms with van der Waals surface area (Å²) in [6.07, 6.45) is -6.44. The fourth-order valence-electron chi connectivity index (χ4n) is 4.35. The number of alkyl halides is 17. The molecule has 290 valence electrons. The molecule has 48 heavy (non-hydrogen) atoms. The molecule has 0 bridgehead atoms. The molecule has 0 aliphatic carbocycles. The van der Waals surface area contributed by atoms with Crippen molar-refractivity contribution in [1.82, 2.24) is 0 Å². The van der Waals surface area contributed by atoms with Gasteiger partial charge in [0, 0.05) is 12.8 Å². The molecule has 0 aliphatic heterocycles. The van der Waals surface area contributed by atoms with Crippen LogP contribution in [0.15, 0.2) is 0 Å². The maximum atomic E-state index is 14.9. The first-order valence-corrected chi connectivity index (χ1v) is 15.7. The molecule has 0 heterocycles. The van der Waals surface area contributed by atoms with Crippen LogP contribution in [-0.4, -0.2) is 71.9 Å². The van der Waals surface area contributed by atoms with E-state index in [1.54, 1.807) is 13.8 Å². The molecule has 0 saturated heterocycles. The molecule has 0 fully saturated rings. The number of ether oxygens (including phenoxy) is 2. The van der Waals surface area contributed by atoms with Crippen LogP contribution in [0.25, 0.3) is 0 Å². The largest absolute Gasteiger partial charge is 0.460 e. The zero-order valence-electron chi connectivity index (χ0n) is 26.4. The molecule has 0 aromatic carbocycles. The Bertz CT molecular complexity index is 931. The van der Waals surface area contributed by atoms with Gasteiger partial charge in [-0.2, -0.15) is 87.3 Å². The Balaban J connectivity index is 6.66. The van der Waals surface area contributed by atoms with Crippen molar-refractivity contribution in [2.45, 2.75) is 163 Å². The first-order valence-electron chi connectivity index (χ1n) is 15.2. The zero-order valence-corrected chi connectivity index (χ0v) is 27.3. The minimum Gasteiger partial charge on any atom is -0.349 e. The molecule has 0 N–H and O–H groups in total. The Morgan fingerprint density at radius 2 is 0.792 bits per heavy atom. The van der Waals surface area contributed by atoms with Crippen molar-refractivity contribution in [3.05, 3.63) is 0 Å². The summed E-state index contributed by atoms with van der Waals surface area (Å²) in [7, 11) is 0. The lowest BCUT2D eigenvalue weighted by atomic mass is 9.87. The second-order valence-corrected chi connectivity index (χ2v) is 12.1. The lowest BCUT2D eigenvalue weighted by Crippen LogP contribution is -2.74. The average molecular weight is 765 g/mol. The number of thiol groups is 1. The first-order chi connectivity index (χ1) is 21.6. The van der Waals surface area contributed by atoms with Crippen LogP contribution < -0.4 is 0 Å². The Labute approximate surface area is 273 Å². The molecule has 20 heteroatoms. The van der Waals surface area contributed by atoms with E-state index in [0.717, 1.165) is 25.7 Å². The minimum atomic E-state index is -8.66. The fraction of sp³-hybridized carbons (Fsp3) is 1.00. The average Bonchev–Trinajstić information content (AvgIpc) is 2.96. The highest BCUT2D eigenvalue weighted by Gasteiger charge is 2.95. The van der Waals surface area contributed by atoms with Crippen molar-refractivity contribution in [3.63, 3.8) is 0 Å². The third kappa shape index (κ3) is 9.69. The summed E-state index contributed by atoms with van der Waals surface area (Å²) in [5, 5.41) is -1.25. The van der Waals surface area contributed by atoms with E-state index in [-0.39, 0.29) is 32.5 Å². The highest BCUT2D eigenvalue weighted by molar-refractivity contribution is 7.81. The van der Waals surface area contributed by atoms with Gasteiger partial charge in [0.1, 0.15) is 0 Å². The first kappa shape index (κ1) is 47.1. The van der Waals surface area contributed by atoms with E-state index in [4.69, 9.17) is 9.47 Å². The number of hydrogen-bond acceptors (Lipinski definition) is 3. The van der Waals surface area contributed by atoms with Gasteiger partial charge in [-0.05, 0) is 19.3 Å². The van der Waals surface area contributed by atoms with Crippen LogP contribution in [0.4, 0.5) is 74.6 Å². The van der Waals surface area contributed by atoms with Crippen molar-refractivity contribution in [3.8, 4) is 0 Å². The summed E-state index contributed by atoms with van der Waals surface area (Å²) in [5.41, 5.74) is 0. The van der Waals surface area contributed by atoms with Gasteiger partial charge >= 0.3 is 47.6 Å². The Morgan fingerprint density at radius 1 is 0.438 bits per heavy atom. The molecule has 0 amide bonds. The zero-order chi connectivity index (χ0) is 38.1. The van der Waals surface area contributed by atoms with Crippen molar-refractivity contribution in [2.75, 3.05) is 13.2 Å². The maximum Gasteiger partial charge on any atom is 0.460 e. The fourth-order valence-corrected chi connectivity index (χ4v) is 4.81. The molecule has 1 unspecified atom stereocenters. The van der Waals surface area contributed by atoms with E-state index >= 15 is 0 Å². The molecule has 2 nitrogen and oxygen atoms in total. The predicted octanol–water partition coefficient (Wildman–Crippen LogP) is 12.2. The lowest BCUT2D eigenvalue weighted by Gasteiger charge is -2.44. The van der Waals surface area contributed by atoms with Crippen LogP contribution in [-0.2, 0) is 9.47 Å². The lowest BCUT2D eigenvalue weighted by molar-refractivity contribution is -0.462. The normalized spacial score (nSPS) is 15.7. The molecule has 0 aromatic heterocycles. The summed E-state index contributed by atoms with van der Waals surface area (Å²) in [4.78, 5) is 0. The Morgan fingerprint density at radius 3 is 1.19 bits per heavy atom. The number of halogens is 17. The number of hydrogen-bond donors (Lipinski definition) is 1. The van der Waals surface area contributed by atoms with E-state index < -0.39 is 71.5 Å². The van der Waals surface area contributed by atoms with Gasteiger partial charge in [0.25, 0.3) is 0 Å². The molecule has 1 atom stereocenters. The van der Waals surface area contributed by atoms with Gasteiger partial charge in [0.15, 0.2) is 5.79 Å². The highest BCUT2D eigenvalue weighted by Crippen LogP contribution is 2.64. The summed E-state index contributed by atoms with van der Waals surface area (Å²) >= 11 is 4.29. The van der Waals surface area contributed by atoms with Gasteiger partial charge in [-0.3, -0.25) is 0 Å². The second-order valence-electron chi connectivity index (χ2n) is 11.4. The Kier molecular flexibility index (Phi) is 17.2. The molecular weight excluding hydrogens is 723 g/mol. The van der Waals surface area contributed by atoms with Gasteiger partial charge < -0.3 is 9.47 Å². The molecule has 0 rings (SSSR count). The molecule has 0 radical (unpaired) electrons. The number of rotatable bonds is 25. The van der Waals surface area contributed by atoms with Crippen LogP contribution in [0.1, 0.15) is 104 Å². The molecule has 0 aromatic rings. The van der Waals surface area contributed by atoms with Gasteiger partial charge in [0.05, 0.1) is 18.5 Å². The van der Waals surface area contributed by atoms with Crippen LogP contribution in [0.3, 0.4) is 0 Å². The standard InChI is InChI=1S/C28H41F17O2S/c1-4-7-10-11-12-13-14-19(48)20(46-17-8-5-2,47-18-9-6-3)15-16-21(29,30)22(31,32)23(33,34)24(35,36)25(37,38)26(39,40)27(41,42)28(43,44)45/h19,48H,4-18H2,1-3H3. The van der Waals surface area contributed by atoms with Crippen LogP contribution in [0, 0.1) is 0 Å². The predicted molar refractivity (Wildman–Crippen MR) is 145 cm³/mol. The van der Waals surface area contributed by atoms with Gasteiger partial charge in [-0.1, -0.05) is 72.1 Å². The van der Waals surface area contributed by atoms with Gasteiger partial charge in [-0.25, -0.2) is 0 Å². The van der Waals surface area contributed by atoms with E-state index in [0.29, 0.717) is 25.7 Å². The van der Waals surface area contributed by atoms with E-state index in [1.165, 1.54) is 0 Å². The molecule has 0 spiro atoms. The van der Waals surface area contributed by atoms with E-state index in [1.807, 2.05) is 6.92 Å². The Hall–Kier alpha value is -0.920. The van der Waals surface area contributed by atoms with Crippen LogP contribution in [0.2, 0.25) is 0 Å². The molecule has 0 saturated carbocycles. The minimum absolute atomic E-state index is 0.00158. The summed E-state index contributed by atoms with van der Waals surface area (Å²) < 4.78 is 245. The molecule has 0 aliphatic rings. The third-order valence-electron chi connectivity index (χ3n) is 7.60. The quantitative estimate of drug-likeness (QED) is 0.0432. The van der Waals surface area contributed by atoms with Crippen LogP contribution in [0.5, 0.6) is 0 Å². The topological polar surface area (TPSA) is 18.5 Å². The summed E-state index contributed by atoms with van der Waals surface area (Å²) in [5.74, 6) is -59.0. The van der Waals surface area contributed by atoms with E-state index in [9.17, 15) is 74.6 Å². The van der Waals surface area contributed by atoms with Crippen molar-refractivity contribution in [1.29, 1.82) is 0 Å². The van der Waals surface area contributed by atoms with Crippen molar-refractivity contribution >= 4 is 12.6 Å². The van der Waals surface area contributed by atoms with Crippen molar-refractivity contribution in [2.24, 2.45) is 0 Å². The monoisotopic (exact) mass is 764 g/mol. The summed E-state index contributed by atoms with van der Waals surface area (Å²) in [6, 6.07) is 0. The number of unbranched alkanes of at least 4 members (excludes halogenated alkanes) is 7. The van der Waals surface area contributed by atoms with Crippen LogP contribution >= 0.6 is 12.6 Å². The van der Waals surface area contributed by atoms with Crippen molar-refractivity contribution < 1.29 is 84.1 Å². The molecular formula is C28H41F17O2S. The van der Waals surface area contributed by atoms with E-state index in [2.05, 4.69) is 12.6 Å². The second kappa shape index (κ2) is 17.5. The SMILES string of the molecule is CCCCCCCCC(S)C(CCC(F)(F)C(F)(F)C(F)(F)C(F)(F)C(F)(F)C(F)(F)C(F)(F)C(F)(F)F)(OCCCC)OCCCC. The van der Waals surface area contributed by atoms with Gasteiger partial charge in [-0.15, -0.1) is 0 Å². The third-order valence-corrected chi connectivity index (χ3v) is 8.25. The highest BCUT2D eigenvalue weighted by atomic mass is 32.1. The summed E-state index contributed by atoms with van der Waals surface area (Å²) in [6.45, 7) is 4.64. The van der Waals surface area contributed by atoms with Gasteiger partial charge in [0.2, 0.25) is 0 Å². The maximum absolute atomic E-state index is 14.9. The smallest absolute Gasteiger partial charge is 0.349 e.